The third-order valence-corrected chi connectivity index (χ3v) is 3.10. The Hall–Kier alpha value is -3.23. The Balaban J connectivity index is 2.66. The fraction of sp³-hybridized carbons (Fsp3) is 0.294. The number of terminal acetylenes is 1. The first kappa shape index (κ1) is 18.8. The molecule has 124 valence electrons. The van der Waals surface area contributed by atoms with Crippen molar-refractivity contribution >= 4 is 17.5 Å². The standard InChI is InChI=1S/C17H19N5O2/c1-4-5-12(2)10-16(20-13(3)23)17(24)19-11-14-6-8-15(9-7-14)21-22-18/h1,6-9,16H,2,5,10-11H2,3H3,(H,19,24)(H,20,23). The van der Waals surface area contributed by atoms with E-state index in [4.69, 9.17) is 12.0 Å². The molecule has 2 N–H and O–H groups in total. The van der Waals surface area contributed by atoms with E-state index in [0.717, 1.165) is 5.56 Å². The van der Waals surface area contributed by atoms with Crippen LogP contribution in [0.1, 0.15) is 25.3 Å². The first-order valence-electron chi connectivity index (χ1n) is 7.25. The maximum Gasteiger partial charge on any atom is 0.243 e. The number of carbonyl (C=O) groups is 2. The highest BCUT2D eigenvalue weighted by molar-refractivity contribution is 5.87. The number of nitrogens with one attached hydrogen (secondary N) is 2. The Kier molecular flexibility index (Phi) is 7.62. The molecule has 7 nitrogen and oxygen atoms in total. The summed E-state index contributed by atoms with van der Waals surface area (Å²) in [6.45, 7) is 5.44. The molecule has 1 aromatic rings. The van der Waals surface area contributed by atoms with Gasteiger partial charge in [0, 0.05) is 30.5 Å². The van der Waals surface area contributed by atoms with Crippen LogP contribution in [0.5, 0.6) is 0 Å². The van der Waals surface area contributed by atoms with Gasteiger partial charge in [-0.2, -0.15) is 0 Å². The van der Waals surface area contributed by atoms with Gasteiger partial charge in [0.05, 0.1) is 0 Å². The molecule has 0 heterocycles. The molecule has 7 heteroatoms. The first-order valence-corrected chi connectivity index (χ1v) is 7.25. The van der Waals surface area contributed by atoms with Gasteiger partial charge in [-0.25, -0.2) is 0 Å². The van der Waals surface area contributed by atoms with Gasteiger partial charge in [0.25, 0.3) is 0 Å². The highest BCUT2D eigenvalue weighted by atomic mass is 16.2. The second-order valence-corrected chi connectivity index (χ2v) is 5.16. The van der Waals surface area contributed by atoms with Gasteiger partial charge < -0.3 is 10.6 Å². The van der Waals surface area contributed by atoms with E-state index in [1.807, 2.05) is 0 Å². The van der Waals surface area contributed by atoms with Crippen LogP contribution in [0, 0.1) is 12.3 Å². The van der Waals surface area contributed by atoms with E-state index in [2.05, 4.69) is 33.2 Å². The van der Waals surface area contributed by atoms with Crippen LogP contribution in [0.25, 0.3) is 10.4 Å². The van der Waals surface area contributed by atoms with Gasteiger partial charge in [-0.15, -0.1) is 12.3 Å². The molecule has 1 aromatic carbocycles. The van der Waals surface area contributed by atoms with Crippen molar-refractivity contribution in [1.82, 2.24) is 10.6 Å². The Morgan fingerprint density at radius 1 is 1.42 bits per heavy atom. The Labute approximate surface area is 140 Å². The minimum atomic E-state index is -0.717. The van der Waals surface area contributed by atoms with Crippen molar-refractivity contribution in [2.45, 2.75) is 32.4 Å². The van der Waals surface area contributed by atoms with Crippen molar-refractivity contribution in [2.75, 3.05) is 0 Å². The summed E-state index contributed by atoms with van der Waals surface area (Å²) in [5, 5.41) is 8.82. The van der Waals surface area contributed by atoms with E-state index in [1.54, 1.807) is 24.3 Å². The molecule has 2 amide bonds. The molecule has 0 aromatic heterocycles. The zero-order valence-electron chi connectivity index (χ0n) is 13.5. The Morgan fingerprint density at radius 2 is 2.08 bits per heavy atom. The van der Waals surface area contributed by atoms with Crippen LogP contribution in [-0.2, 0) is 16.1 Å². The Morgan fingerprint density at radius 3 is 2.62 bits per heavy atom. The highest BCUT2D eigenvalue weighted by Crippen LogP contribution is 2.13. The second kappa shape index (κ2) is 9.72. The lowest BCUT2D eigenvalue weighted by molar-refractivity contribution is -0.128. The van der Waals surface area contributed by atoms with Gasteiger partial charge in [-0.1, -0.05) is 41.5 Å². The summed E-state index contributed by atoms with van der Waals surface area (Å²) >= 11 is 0. The Bertz CT molecular complexity index is 697. The molecule has 0 fully saturated rings. The number of hydrogen-bond acceptors (Lipinski definition) is 3. The van der Waals surface area contributed by atoms with Gasteiger partial charge in [-0.05, 0) is 17.5 Å². The van der Waals surface area contributed by atoms with Crippen LogP contribution < -0.4 is 10.6 Å². The second-order valence-electron chi connectivity index (χ2n) is 5.16. The fourth-order valence-corrected chi connectivity index (χ4v) is 2.00. The van der Waals surface area contributed by atoms with Crippen molar-refractivity contribution in [3.63, 3.8) is 0 Å². The average molecular weight is 325 g/mol. The third-order valence-electron chi connectivity index (χ3n) is 3.10. The van der Waals surface area contributed by atoms with E-state index in [9.17, 15) is 9.59 Å². The maximum atomic E-state index is 12.3. The molecule has 0 spiro atoms. The molecule has 0 aliphatic rings. The SMILES string of the molecule is C#CCC(=C)CC(NC(C)=O)C(=O)NCc1ccc(N=[N+]=[N-])cc1. The number of hydrogen-bond donors (Lipinski definition) is 2. The van der Waals surface area contributed by atoms with Crippen molar-refractivity contribution in [2.24, 2.45) is 5.11 Å². The molecule has 1 atom stereocenters. The summed E-state index contributed by atoms with van der Waals surface area (Å²) in [4.78, 5) is 26.2. The predicted molar refractivity (Wildman–Crippen MR) is 91.9 cm³/mol. The summed E-state index contributed by atoms with van der Waals surface area (Å²) < 4.78 is 0. The predicted octanol–water partition coefficient (Wildman–Crippen LogP) is 2.72. The summed E-state index contributed by atoms with van der Waals surface area (Å²) in [5.74, 6) is 1.84. The number of carbonyl (C=O) groups excluding carboxylic acids is 2. The molecule has 1 rings (SSSR count). The summed E-state index contributed by atoms with van der Waals surface area (Å²) in [7, 11) is 0. The zero-order chi connectivity index (χ0) is 17.9. The molecule has 24 heavy (non-hydrogen) atoms. The lowest BCUT2D eigenvalue weighted by Crippen LogP contribution is -2.46. The number of nitrogens with zero attached hydrogens (tertiary/aromatic N) is 3. The van der Waals surface area contributed by atoms with Crippen LogP contribution in [-0.4, -0.2) is 17.9 Å². The average Bonchev–Trinajstić information content (AvgIpc) is 2.53. The monoisotopic (exact) mass is 325 g/mol. The smallest absolute Gasteiger partial charge is 0.243 e. The number of rotatable bonds is 8. The van der Waals surface area contributed by atoms with Gasteiger partial charge >= 0.3 is 0 Å². The van der Waals surface area contributed by atoms with Crippen molar-refractivity contribution in [3.05, 3.63) is 52.4 Å². The molecule has 0 aliphatic carbocycles. The molecule has 0 saturated carbocycles. The van der Waals surface area contributed by atoms with Crippen molar-refractivity contribution in [3.8, 4) is 12.3 Å². The molecular formula is C17H19N5O2. The van der Waals surface area contributed by atoms with Crippen molar-refractivity contribution < 1.29 is 9.59 Å². The minimum absolute atomic E-state index is 0.283. The molecule has 0 bridgehead atoms. The molecular weight excluding hydrogens is 306 g/mol. The molecule has 0 radical (unpaired) electrons. The zero-order valence-corrected chi connectivity index (χ0v) is 13.5. The molecule has 0 saturated heterocycles. The van der Waals surface area contributed by atoms with E-state index >= 15 is 0 Å². The minimum Gasteiger partial charge on any atom is -0.350 e. The van der Waals surface area contributed by atoms with Gasteiger partial charge in [0.2, 0.25) is 11.8 Å². The van der Waals surface area contributed by atoms with Gasteiger partial charge in [0.15, 0.2) is 0 Å². The fourth-order valence-electron chi connectivity index (χ4n) is 2.00. The number of amides is 2. The summed E-state index contributed by atoms with van der Waals surface area (Å²) in [5.41, 5.74) is 10.4. The van der Waals surface area contributed by atoms with E-state index in [0.29, 0.717) is 17.7 Å². The van der Waals surface area contributed by atoms with Crippen LogP contribution >= 0.6 is 0 Å². The normalized spacial score (nSPS) is 10.7. The summed E-state index contributed by atoms with van der Waals surface area (Å²) in [6, 6.07) is 6.08. The largest absolute Gasteiger partial charge is 0.350 e. The third kappa shape index (κ3) is 6.69. The maximum absolute atomic E-state index is 12.3. The topological polar surface area (TPSA) is 107 Å². The van der Waals surface area contributed by atoms with E-state index in [1.165, 1.54) is 6.92 Å². The van der Waals surface area contributed by atoms with E-state index in [-0.39, 0.29) is 24.8 Å². The van der Waals surface area contributed by atoms with E-state index < -0.39 is 6.04 Å². The van der Waals surface area contributed by atoms with Crippen molar-refractivity contribution in [1.29, 1.82) is 0 Å². The summed E-state index contributed by atoms with van der Waals surface area (Å²) in [6.07, 6.45) is 5.86. The lowest BCUT2D eigenvalue weighted by Gasteiger charge is -2.18. The van der Waals surface area contributed by atoms with Crippen LogP contribution in [0.15, 0.2) is 41.5 Å². The molecule has 1 unspecified atom stereocenters. The van der Waals surface area contributed by atoms with Gasteiger partial charge in [-0.3, -0.25) is 9.59 Å². The number of azide groups is 1. The van der Waals surface area contributed by atoms with Crippen LogP contribution in [0.3, 0.4) is 0 Å². The van der Waals surface area contributed by atoms with Gasteiger partial charge in [0.1, 0.15) is 6.04 Å². The highest BCUT2D eigenvalue weighted by Gasteiger charge is 2.19. The quantitative estimate of drug-likeness (QED) is 0.252. The van der Waals surface area contributed by atoms with Crippen LogP contribution in [0.4, 0.5) is 5.69 Å². The first-order chi connectivity index (χ1) is 11.5. The van der Waals surface area contributed by atoms with Crippen LogP contribution in [0.2, 0.25) is 0 Å². The number of benzene rings is 1. The molecule has 0 aliphatic heterocycles. The lowest BCUT2D eigenvalue weighted by atomic mass is 10.0.